The molecule has 24 heavy (non-hydrogen) atoms. The number of hydrogen-bond acceptors (Lipinski definition) is 5. The molecule has 1 aromatic heterocycles. The molecule has 3 rings (SSSR count). The summed E-state index contributed by atoms with van der Waals surface area (Å²) in [5.74, 6) is 2.25. The number of nitrogens with zero attached hydrogens (tertiary/aromatic N) is 2. The Balaban J connectivity index is 1.68. The van der Waals surface area contributed by atoms with Crippen molar-refractivity contribution in [1.29, 1.82) is 0 Å². The first-order valence-electron chi connectivity index (χ1n) is 8.16. The number of anilines is 1. The number of rotatable bonds is 4. The average molecular weight is 362 g/mol. The number of thioether (sulfide) groups is 1. The van der Waals surface area contributed by atoms with Gasteiger partial charge in [-0.1, -0.05) is 17.7 Å². The Morgan fingerprint density at radius 3 is 2.54 bits per heavy atom. The highest BCUT2D eigenvalue weighted by molar-refractivity contribution is 7.99. The SMILES string of the molecule is Cc1cc(C)c(-c2csc(NC(=O)CN3CCSCC3)n2)c(C)c1. The number of carbonyl (C=O) groups excluding carboxylic acids is 1. The lowest BCUT2D eigenvalue weighted by atomic mass is 9.98. The van der Waals surface area contributed by atoms with Crippen molar-refractivity contribution in [2.75, 3.05) is 36.5 Å². The second kappa shape index (κ2) is 7.68. The van der Waals surface area contributed by atoms with E-state index < -0.39 is 0 Å². The molecule has 0 bridgehead atoms. The first-order valence-corrected chi connectivity index (χ1v) is 10.2. The van der Waals surface area contributed by atoms with E-state index in [0.717, 1.165) is 30.3 Å². The number of nitrogens with one attached hydrogen (secondary N) is 1. The molecule has 1 N–H and O–H groups in total. The maximum atomic E-state index is 12.2. The van der Waals surface area contributed by atoms with Crippen LogP contribution in [0.4, 0.5) is 5.13 Å². The maximum absolute atomic E-state index is 12.2. The number of carbonyl (C=O) groups is 1. The summed E-state index contributed by atoms with van der Waals surface area (Å²) < 4.78 is 0. The molecule has 6 heteroatoms. The minimum atomic E-state index is 0.0279. The topological polar surface area (TPSA) is 45.2 Å². The van der Waals surface area contributed by atoms with Crippen LogP contribution < -0.4 is 5.32 Å². The van der Waals surface area contributed by atoms with Crippen LogP contribution in [0.1, 0.15) is 16.7 Å². The second-order valence-corrected chi connectivity index (χ2v) is 8.33. The lowest BCUT2D eigenvalue weighted by Gasteiger charge is -2.25. The molecule has 0 radical (unpaired) electrons. The Bertz CT molecular complexity index is 713. The summed E-state index contributed by atoms with van der Waals surface area (Å²) in [5, 5.41) is 5.66. The fourth-order valence-electron chi connectivity index (χ4n) is 3.15. The van der Waals surface area contributed by atoms with Crippen molar-refractivity contribution in [3.8, 4) is 11.3 Å². The van der Waals surface area contributed by atoms with E-state index in [2.05, 4.69) is 48.1 Å². The van der Waals surface area contributed by atoms with Crippen LogP contribution in [-0.2, 0) is 4.79 Å². The van der Waals surface area contributed by atoms with Gasteiger partial charge in [-0.15, -0.1) is 11.3 Å². The highest BCUT2D eigenvalue weighted by Crippen LogP contribution is 2.31. The van der Waals surface area contributed by atoms with E-state index in [4.69, 9.17) is 0 Å². The van der Waals surface area contributed by atoms with Crippen LogP contribution in [0.2, 0.25) is 0 Å². The fourth-order valence-corrected chi connectivity index (χ4v) is 4.85. The summed E-state index contributed by atoms with van der Waals surface area (Å²) in [6, 6.07) is 4.35. The van der Waals surface area contributed by atoms with Crippen LogP contribution in [0.3, 0.4) is 0 Å². The van der Waals surface area contributed by atoms with Crippen molar-refractivity contribution in [3.05, 3.63) is 34.2 Å². The molecule has 128 valence electrons. The zero-order chi connectivity index (χ0) is 17.1. The number of hydrogen-bond donors (Lipinski definition) is 1. The zero-order valence-electron chi connectivity index (χ0n) is 14.4. The van der Waals surface area contributed by atoms with E-state index in [9.17, 15) is 4.79 Å². The molecule has 1 fully saturated rings. The molecule has 2 heterocycles. The van der Waals surface area contributed by atoms with Gasteiger partial charge in [-0.25, -0.2) is 4.98 Å². The van der Waals surface area contributed by atoms with E-state index in [1.807, 2.05) is 17.1 Å². The highest BCUT2D eigenvalue weighted by atomic mass is 32.2. The molecule has 1 aliphatic heterocycles. The van der Waals surface area contributed by atoms with Gasteiger partial charge in [0.2, 0.25) is 5.91 Å². The third-order valence-electron chi connectivity index (χ3n) is 4.15. The average Bonchev–Trinajstić information content (AvgIpc) is 2.95. The molecule has 4 nitrogen and oxygen atoms in total. The molecule has 1 amide bonds. The van der Waals surface area contributed by atoms with E-state index in [1.165, 1.54) is 33.6 Å². The van der Waals surface area contributed by atoms with Gasteiger partial charge in [0.25, 0.3) is 0 Å². The third-order valence-corrected chi connectivity index (χ3v) is 5.85. The Hall–Kier alpha value is -1.37. The summed E-state index contributed by atoms with van der Waals surface area (Å²) in [7, 11) is 0. The summed E-state index contributed by atoms with van der Waals surface area (Å²) in [5.41, 5.74) is 5.82. The monoisotopic (exact) mass is 361 g/mol. The Morgan fingerprint density at radius 2 is 1.88 bits per heavy atom. The molecule has 0 aliphatic carbocycles. The minimum absolute atomic E-state index is 0.0279. The van der Waals surface area contributed by atoms with E-state index >= 15 is 0 Å². The van der Waals surface area contributed by atoms with E-state index in [0.29, 0.717) is 11.7 Å². The van der Waals surface area contributed by atoms with Crippen LogP contribution in [0.25, 0.3) is 11.3 Å². The maximum Gasteiger partial charge on any atom is 0.240 e. The van der Waals surface area contributed by atoms with Gasteiger partial charge in [-0.2, -0.15) is 11.8 Å². The largest absolute Gasteiger partial charge is 0.301 e. The van der Waals surface area contributed by atoms with Crippen molar-refractivity contribution < 1.29 is 4.79 Å². The minimum Gasteiger partial charge on any atom is -0.301 e. The second-order valence-electron chi connectivity index (χ2n) is 6.25. The molecule has 1 aromatic carbocycles. The van der Waals surface area contributed by atoms with Crippen molar-refractivity contribution >= 4 is 34.1 Å². The van der Waals surface area contributed by atoms with Crippen molar-refractivity contribution in [1.82, 2.24) is 9.88 Å². The van der Waals surface area contributed by atoms with Gasteiger partial charge in [0.05, 0.1) is 12.2 Å². The predicted octanol–water partition coefficient (Wildman–Crippen LogP) is 3.72. The fraction of sp³-hybridized carbons (Fsp3) is 0.444. The molecule has 1 saturated heterocycles. The Morgan fingerprint density at radius 1 is 1.21 bits per heavy atom. The summed E-state index contributed by atoms with van der Waals surface area (Å²) in [6.07, 6.45) is 0. The van der Waals surface area contributed by atoms with E-state index in [1.54, 1.807) is 0 Å². The Labute approximate surface area is 151 Å². The van der Waals surface area contributed by atoms with E-state index in [-0.39, 0.29) is 5.91 Å². The van der Waals surface area contributed by atoms with Gasteiger partial charge in [0, 0.05) is 35.5 Å². The smallest absolute Gasteiger partial charge is 0.240 e. The summed E-state index contributed by atoms with van der Waals surface area (Å²) in [6.45, 7) is 8.77. The molecular formula is C18H23N3OS2. The predicted molar refractivity (Wildman–Crippen MR) is 104 cm³/mol. The molecule has 1 aliphatic rings. The molecule has 0 unspecified atom stereocenters. The van der Waals surface area contributed by atoms with Gasteiger partial charge >= 0.3 is 0 Å². The zero-order valence-corrected chi connectivity index (χ0v) is 16.0. The van der Waals surface area contributed by atoms with Gasteiger partial charge in [-0.3, -0.25) is 9.69 Å². The van der Waals surface area contributed by atoms with Crippen LogP contribution in [0.15, 0.2) is 17.5 Å². The molecule has 0 atom stereocenters. The molecule has 0 saturated carbocycles. The van der Waals surface area contributed by atoms with Gasteiger partial charge in [0.1, 0.15) is 0 Å². The van der Waals surface area contributed by atoms with Crippen LogP contribution in [0, 0.1) is 20.8 Å². The molecular weight excluding hydrogens is 338 g/mol. The first-order chi connectivity index (χ1) is 11.5. The summed E-state index contributed by atoms with van der Waals surface area (Å²) in [4.78, 5) is 19.0. The quantitative estimate of drug-likeness (QED) is 0.901. The highest BCUT2D eigenvalue weighted by Gasteiger charge is 2.16. The van der Waals surface area contributed by atoms with Crippen molar-refractivity contribution in [3.63, 3.8) is 0 Å². The normalized spacial score (nSPS) is 15.5. The lowest BCUT2D eigenvalue weighted by molar-refractivity contribution is -0.117. The summed E-state index contributed by atoms with van der Waals surface area (Å²) >= 11 is 3.44. The van der Waals surface area contributed by atoms with Crippen LogP contribution >= 0.6 is 23.1 Å². The number of aromatic nitrogens is 1. The first kappa shape index (κ1) is 17.5. The number of benzene rings is 1. The standard InChI is InChI=1S/C18H23N3OS2/c1-12-8-13(2)17(14(3)9-12)15-11-24-18(19-15)20-16(22)10-21-4-6-23-7-5-21/h8-9,11H,4-7,10H2,1-3H3,(H,19,20,22). The number of aryl methyl sites for hydroxylation is 3. The van der Waals surface area contributed by atoms with Crippen LogP contribution in [-0.4, -0.2) is 46.9 Å². The third kappa shape index (κ3) is 4.18. The van der Waals surface area contributed by atoms with Crippen molar-refractivity contribution in [2.24, 2.45) is 0 Å². The number of thiazole rings is 1. The van der Waals surface area contributed by atoms with Crippen molar-refractivity contribution in [2.45, 2.75) is 20.8 Å². The number of amides is 1. The van der Waals surface area contributed by atoms with Crippen LogP contribution in [0.5, 0.6) is 0 Å². The van der Waals surface area contributed by atoms with Gasteiger partial charge < -0.3 is 5.32 Å². The lowest BCUT2D eigenvalue weighted by Crippen LogP contribution is -2.38. The molecule has 0 spiro atoms. The molecule has 2 aromatic rings. The Kier molecular flexibility index (Phi) is 5.58. The van der Waals surface area contributed by atoms with Gasteiger partial charge in [-0.05, 0) is 31.9 Å². The van der Waals surface area contributed by atoms with Gasteiger partial charge in [0.15, 0.2) is 5.13 Å².